The number of rotatable bonds is 6. The summed E-state index contributed by atoms with van der Waals surface area (Å²) in [4.78, 5) is 0. The second-order valence-corrected chi connectivity index (χ2v) is 5.79. The molecule has 3 nitrogen and oxygen atoms in total. The van der Waals surface area contributed by atoms with Gasteiger partial charge in [0.1, 0.15) is 0 Å². The molecule has 2 atom stereocenters. The van der Waals surface area contributed by atoms with Gasteiger partial charge in [-0.2, -0.15) is 5.10 Å². The standard InChI is InChI=1S/C17H23N3/c1-3-8-18-17(15-11-19-20(2)12-15)10-14-9-13-6-4-5-7-16(13)14/h4-7,11-12,14,17-18H,3,8-10H2,1-2H3. The summed E-state index contributed by atoms with van der Waals surface area (Å²) >= 11 is 0. The minimum Gasteiger partial charge on any atom is -0.310 e. The number of nitrogens with zero attached hydrogens (tertiary/aromatic N) is 2. The zero-order valence-electron chi connectivity index (χ0n) is 12.3. The molecule has 2 aromatic rings. The lowest BCUT2D eigenvalue weighted by Gasteiger charge is -2.33. The van der Waals surface area contributed by atoms with E-state index in [-0.39, 0.29) is 0 Å². The molecule has 0 spiro atoms. The first-order valence-electron chi connectivity index (χ1n) is 7.57. The number of hydrogen-bond donors (Lipinski definition) is 1. The van der Waals surface area contributed by atoms with Crippen molar-refractivity contribution in [3.8, 4) is 0 Å². The number of aromatic nitrogens is 2. The molecule has 1 aromatic carbocycles. The fourth-order valence-corrected chi connectivity index (χ4v) is 3.13. The van der Waals surface area contributed by atoms with Crippen molar-refractivity contribution in [1.82, 2.24) is 15.1 Å². The van der Waals surface area contributed by atoms with Gasteiger partial charge in [0, 0.05) is 24.8 Å². The first-order valence-corrected chi connectivity index (χ1v) is 7.57. The molecule has 2 unspecified atom stereocenters. The summed E-state index contributed by atoms with van der Waals surface area (Å²) in [6.07, 6.45) is 7.69. The lowest BCUT2D eigenvalue weighted by atomic mass is 9.74. The van der Waals surface area contributed by atoms with Crippen LogP contribution in [0.1, 0.15) is 48.4 Å². The van der Waals surface area contributed by atoms with Crippen molar-refractivity contribution in [3.63, 3.8) is 0 Å². The van der Waals surface area contributed by atoms with Crippen molar-refractivity contribution in [1.29, 1.82) is 0 Å². The van der Waals surface area contributed by atoms with Crippen LogP contribution in [0.5, 0.6) is 0 Å². The van der Waals surface area contributed by atoms with Crippen LogP contribution in [-0.4, -0.2) is 16.3 Å². The van der Waals surface area contributed by atoms with E-state index in [0.29, 0.717) is 12.0 Å². The van der Waals surface area contributed by atoms with E-state index in [0.717, 1.165) is 13.0 Å². The summed E-state index contributed by atoms with van der Waals surface area (Å²) in [5.41, 5.74) is 4.38. The van der Waals surface area contributed by atoms with Gasteiger partial charge >= 0.3 is 0 Å². The number of fused-ring (bicyclic) bond motifs is 1. The van der Waals surface area contributed by atoms with Gasteiger partial charge in [0.25, 0.3) is 0 Å². The van der Waals surface area contributed by atoms with E-state index in [9.17, 15) is 0 Å². The highest BCUT2D eigenvalue weighted by Gasteiger charge is 2.28. The van der Waals surface area contributed by atoms with E-state index in [1.807, 2.05) is 17.9 Å². The highest BCUT2D eigenvalue weighted by molar-refractivity contribution is 5.40. The van der Waals surface area contributed by atoms with Crippen LogP contribution < -0.4 is 5.32 Å². The quantitative estimate of drug-likeness (QED) is 0.873. The van der Waals surface area contributed by atoms with Crippen molar-refractivity contribution in [2.75, 3.05) is 6.54 Å². The van der Waals surface area contributed by atoms with Gasteiger partial charge in [-0.15, -0.1) is 0 Å². The summed E-state index contributed by atoms with van der Waals surface area (Å²) < 4.78 is 1.89. The van der Waals surface area contributed by atoms with Gasteiger partial charge < -0.3 is 5.32 Å². The van der Waals surface area contributed by atoms with Crippen molar-refractivity contribution in [3.05, 3.63) is 53.3 Å². The Bertz CT molecular complexity index is 573. The summed E-state index contributed by atoms with van der Waals surface area (Å²) in [6, 6.07) is 9.25. The number of aryl methyl sites for hydroxylation is 1. The normalized spacial score (nSPS) is 18.4. The van der Waals surface area contributed by atoms with Crippen molar-refractivity contribution in [2.45, 2.75) is 38.1 Å². The number of nitrogens with one attached hydrogen (secondary N) is 1. The minimum atomic E-state index is 0.419. The van der Waals surface area contributed by atoms with E-state index in [4.69, 9.17) is 0 Å². The summed E-state index contributed by atoms with van der Waals surface area (Å²) in [5.74, 6) is 0.695. The predicted molar refractivity (Wildman–Crippen MR) is 81.7 cm³/mol. The first-order chi connectivity index (χ1) is 9.78. The van der Waals surface area contributed by atoms with Crippen LogP contribution >= 0.6 is 0 Å². The number of hydrogen-bond acceptors (Lipinski definition) is 2. The summed E-state index contributed by atoms with van der Waals surface area (Å²) in [6.45, 7) is 3.28. The van der Waals surface area contributed by atoms with Gasteiger partial charge in [-0.25, -0.2) is 0 Å². The molecule has 3 heteroatoms. The SMILES string of the molecule is CCCNC(CC1Cc2ccccc21)c1cnn(C)c1. The summed E-state index contributed by atoms with van der Waals surface area (Å²) in [7, 11) is 1.99. The molecular formula is C17H23N3. The van der Waals surface area contributed by atoms with Gasteiger partial charge in [0.2, 0.25) is 0 Å². The Morgan fingerprint density at radius 2 is 2.25 bits per heavy atom. The Morgan fingerprint density at radius 1 is 1.40 bits per heavy atom. The first kappa shape index (κ1) is 13.4. The Balaban J connectivity index is 1.71. The lowest BCUT2D eigenvalue weighted by Crippen LogP contribution is -2.27. The zero-order valence-corrected chi connectivity index (χ0v) is 12.3. The zero-order chi connectivity index (χ0) is 13.9. The Kier molecular flexibility index (Phi) is 3.88. The third-order valence-electron chi connectivity index (χ3n) is 4.25. The van der Waals surface area contributed by atoms with Crippen LogP contribution in [0.3, 0.4) is 0 Å². The average Bonchev–Trinajstić information content (AvgIpc) is 2.86. The number of benzene rings is 1. The molecule has 1 aliphatic carbocycles. The second kappa shape index (κ2) is 5.80. The molecular weight excluding hydrogens is 246 g/mol. The monoisotopic (exact) mass is 269 g/mol. The fraction of sp³-hybridized carbons (Fsp3) is 0.471. The molecule has 1 heterocycles. The van der Waals surface area contributed by atoms with Gasteiger partial charge in [-0.05, 0) is 42.9 Å². The molecule has 0 aliphatic heterocycles. The van der Waals surface area contributed by atoms with Crippen LogP contribution in [0.25, 0.3) is 0 Å². The molecule has 106 valence electrons. The fourth-order valence-electron chi connectivity index (χ4n) is 3.13. The molecule has 1 N–H and O–H groups in total. The van der Waals surface area contributed by atoms with Crippen LogP contribution in [0.4, 0.5) is 0 Å². The molecule has 1 aromatic heterocycles. The molecule has 0 amide bonds. The third kappa shape index (κ3) is 2.63. The largest absolute Gasteiger partial charge is 0.310 e. The topological polar surface area (TPSA) is 29.9 Å². The second-order valence-electron chi connectivity index (χ2n) is 5.79. The van der Waals surface area contributed by atoms with E-state index >= 15 is 0 Å². The van der Waals surface area contributed by atoms with Gasteiger partial charge in [-0.3, -0.25) is 4.68 Å². The van der Waals surface area contributed by atoms with E-state index in [1.54, 1.807) is 5.56 Å². The van der Waals surface area contributed by atoms with Crippen molar-refractivity contribution >= 4 is 0 Å². The van der Waals surface area contributed by atoms with Crippen molar-refractivity contribution < 1.29 is 0 Å². The highest BCUT2D eigenvalue weighted by Crippen LogP contribution is 2.40. The molecule has 20 heavy (non-hydrogen) atoms. The average molecular weight is 269 g/mol. The maximum absolute atomic E-state index is 4.32. The highest BCUT2D eigenvalue weighted by atomic mass is 15.2. The Hall–Kier alpha value is -1.61. The Morgan fingerprint density at radius 3 is 2.95 bits per heavy atom. The molecule has 0 saturated carbocycles. The molecule has 1 aliphatic rings. The van der Waals surface area contributed by atoms with Crippen LogP contribution in [0, 0.1) is 0 Å². The maximum atomic E-state index is 4.32. The van der Waals surface area contributed by atoms with E-state index < -0.39 is 0 Å². The molecule has 0 radical (unpaired) electrons. The van der Waals surface area contributed by atoms with Crippen LogP contribution in [-0.2, 0) is 13.5 Å². The van der Waals surface area contributed by atoms with E-state index in [1.165, 1.54) is 24.0 Å². The third-order valence-corrected chi connectivity index (χ3v) is 4.25. The Labute approximate surface area is 121 Å². The van der Waals surface area contributed by atoms with Crippen LogP contribution in [0.2, 0.25) is 0 Å². The minimum absolute atomic E-state index is 0.419. The lowest BCUT2D eigenvalue weighted by molar-refractivity contribution is 0.428. The summed E-state index contributed by atoms with van der Waals surface area (Å²) in [5, 5.41) is 7.99. The van der Waals surface area contributed by atoms with Gasteiger partial charge in [0.05, 0.1) is 6.20 Å². The maximum Gasteiger partial charge on any atom is 0.0537 e. The van der Waals surface area contributed by atoms with E-state index in [2.05, 4.69) is 47.8 Å². The predicted octanol–water partition coefficient (Wildman–Crippen LogP) is 3.19. The molecule has 0 saturated heterocycles. The molecule has 3 rings (SSSR count). The smallest absolute Gasteiger partial charge is 0.0537 e. The van der Waals surface area contributed by atoms with Gasteiger partial charge in [0.15, 0.2) is 0 Å². The molecule has 0 bridgehead atoms. The molecule has 0 fully saturated rings. The van der Waals surface area contributed by atoms with Crippen LogP contribution in [0.15, 0.2) is 36.7 Å². The van der Waals surface area contributed by atoms with Crippen molar-refractivity contribution in [2.24, 2.45) is 7.05 Å². The van der Waals surface area contributed by atoms with Gasteiger partial charge in [-0.1, -0.05) is 31.2 Å².